The Morgan fingerprint density at radius 2 is 2.36 bits per heavy atom. The van der Waals surface area contributed by atoms with Gasteiger partial charge in [-0.25, -0.2) is 14.2 Å². The van der Waals surface area contributed by atoms with Crippen LogP contribution in [0.4, 0.5) is 10.6 Å². The zero-order valence-electron chi connectivity index (χ0n) is 7.31. The minimum absolute atomic E-state index is 0.0677. The first-order valence-corrected chi connectivity index (χ1v) is 3.61. The molecule has 0 saturated carbocycles. The molecule has 1 aromatic heterocycles. The molecule has 0 aliphatic heterocycles. The highest BCUT2D eigenvalue weighted by molar-refractivity contribution is 5.68. The minimum atomic E-state index is -1.42. The summed E-state index contributed by atoms with van der Waals surface area (Å²) < 4.78 is 0.427. The van der Waals surface area contributed by atoms with Gasteiger partial charge in [0.25, 0.3) is 0 Å². The molecule has 0 radical (unpaired) electrons. The molecular formula is C8H7N3O3. The summed E-state index contributed by atoms with van der Waals surface area (Å²) in [6.45, 7) is 1.57. The number of hydrogen-bond acceptors (Lipinski definition) is 4. The predicted octanol–water partition coefficient (Wildman–Crippen LogP) is -0.277. The van der Waals surface area contributed by atoms with Gasteiger partial charge in [-0.3, -0.25) is 0 Å². The van der Waals surface area contributed by atoms with Crippen LogP contribution in [0.2, 0.25) is 0 Å². The molecule has 0 aliphatic carbocycles. The predicted molar refractivity (Wildman–Crippen MR) is 48.9 cm³/mol. The van der Waals surface area contributed by atoms with Gasteiger partial charge in [0.2, 0.25) is 0 Å². The van der Waals surface area contributed by atoms with Gasteiger partial charge in [-0.1, -0.05) is 5.92 Å². The van der Waals surface area contributed by atoms with Gasteiger partial charge in [0, 0.05) is 6.20 Å². The molecule has 6 heteroatoms. The standard InChI is InChI=1S/C8H7N3O3/c1-2-3-5-4-11(8(13)14)7(12)10-6(5)9/h4H,1H3,(H,13,14)(H2,9,10,12). The molecule has 0 atom stereocenters. The highest BCUT2D eigenvalue weighted by Gasteiger charge is 2.08. The molecule has 1 rings (SSSR count). The van der Waals surface area contributed by atoms with Crippen molar-refractivity contribution in [1.29, 1.82) is 0 Å². The van der Waals surface area contributed by atoms with Crippen molar-refractivity contribution in [3.63, 3.8) is 0 Å². The molecule has 1 heterocycles. The fourth-order valence-corrected chi connectivity index (χ4v) is 0.836. The molecule has 0 aromatic carbocycles. The number of nitrogen functional groups attached to an aromatic ring is 1. The van der Waals surface area contributed by atoms with Crippen LogP contribution in [0.1, 0.15) is 12.5 Å². The molecule has 14 heavy (non-hydrogen) atoms. The van der Waals surface area contributed by atoms with Crippen LogP contribution in [-0.2, 0) is 0 Å². The Labute approximate surface area is 79.0 Å². The van der Waals surface area contributed by atoms with Crippen molar-refractivity contribution in [2.45, 2.75) is 6.92 Å². The highest BCUT2D eigenvalue weighted by Crippen LogP contribution is 2.01. The summed E-state index contributed by atoms with van der Waals surface area (Å²) in [4.78, 5) is 24.8. The monoisotopic (exact) mass is 193 g/mol. The molecule has 0 spiro atoms. The number of carboxylic acid groups (broad SMARTS) is 1. The maximum atomic E-state index is 11.0. The summed E-state index contributed by atoms with van der Waals surface area (Å²) >= 11 is 0. The summed E-state index contributed by atoms with van der Waals surface area (Å²) in [6.07, 6.45) is -0.370. The van der Waals surface area contributed by atoms with Crippen LogP contribution in [0.3, 0.4) is 0 Å². The van der Waals surface area contributed by atoms with E-state index in [1.807, 2.05) is 0 Å². The molecule has 0 unspecified atom stereocenters. The zero-order chi connectivity index (χ0) is 10.7. The average molecular weight is 193 g/mol. The van der Waals surface area contributed by atoms with E-state index >= 15 is 0 Å². The van der Waals surface area contributed by atoms with Gasteiger partial charge in [0.1, 0.15) is 5.82 Å². The number of nitrogens with two attached hydrogens (primary N) is 1. The number of anilines is 1. The highest BCUT2D eigenvalue weighted by atomic mass is 16.4. The van der Waals surface area contributed by atoms with E-state index < -0.39 is 11.8 Å². The van der Waals surface area contributed by atoms with E-state index in [1.54, 1.807) is 6.92 Å². The Bertz CT molecular complexity index is 493. The van der Waals surface area contributed by atoms with Crippen LogP contribution in [0.5, 0.6) is 0 Å². The molecule has 0 aliphatic rings. The first-order chi connectivity index (χ1) is 6.56. The smallest absolute Gasteiger partial charge is 0.419 e. The van der Waals surface area contributed by atoms with Crippen molar-refractivity contribution in [1.82, 2.24) is 9.55 Å². The SMILES string of the molecule is CC#Cc1cn(C(=O)O)c(=O)nc1N. The minimum Gasteiger partial charge on any atom is -0.464 e. The summed E-state index contributed by atoms with van der Waals surface area (Å²) in [5, 5.41) is 8.58. The topological polar surface area (TPSA) is 98.2 Å². The van der Waals surface area contributed by atoms with Crippen LogP contribution in [0, 0.1) is 11.8 Å². The summed E-state index contributed by atoms with van der Waals surface area (Å²) in [7, 11) is 0. The molecule has 6 nitrogen and oxygen atoms in total. The third kappa shape index (κ3) is 1.72. The first-order valence-electron chi connectivity index (χ1n) is 3.61. The second-order valence-electron chi connectivity index (χ2n) is 2.35. The Hall–Kier alpha value is -2.29. The van der Waals surface area contributed by atoms with E-state index in [0.29, 0.717) is 4.57 Å². The lowest BCUT2D eigenvalue weighted by atomic mass is 10.3. The molecule has 0 amide bonds. The lowest BCUT2D eigenvalue weighted by Crippen LogP contribution is -2.29. The summed E-state index contributed by atoms with van der Waals surface area (Å²) in [5.41, 5.74) is 4.64. The number of aromatic nitrogens is 2. The largest absolute Gasteiger partial charge is 0.464 e. The van der Waals surface area contributed by atoms with Crippen molar-refractivity contribution in [2.24, 2.45) is 0 Å². The maximum absolute atomic E-state index is 11.0. The first kappa shape index (κ1) is 9.80. The van der Waals surface area contributed by atoms with Crippen LogP contribution in [0.15, 0.2) is 11.0 Å². The third-order valence-corrected chi connectivity index (χ3v) is 1.42. The van der Waals surface area contributed by atoms with Crippen molar-refractivity contribution >= 4 is 11.9 Å². The van der Waals surface area contributed by atoms with E-state index in [1.165, 1.54) is 0 Å². The number of nitrogens with zero attached hydrogens (tertiary/aromatic N) is 2. The Morgan fingerprint density at radius 1 is 1.71 bits per heavy atom. The lowest BCUT2D eigenvalue weighted by Gasteiger charge is -2.00. The summed E-state index contributed by atoms with van der Waals surface area (Å²) in [5.74, 6) is 5.00. The van der Waals surface area contributed by atoms with Gasteiger partial charge < -0.3 is 10.8 Å². The molecule has 0 bridgehead atoms. The van der Waals surface area contributed by atoms with Crippen LogP contribution in [-0.4, -0.2) is 20.8 Å². The van der Waals surface area contributed by atoms with Gasteiger partial charge in [-0.15, -0.1) is 5.92 Å². The second-order valence-corrected chi connectivity index (χ2v) is 2.35. The Morgan fingerprint density at radius 3 is 2.86 bits per heavy atom. The van der Waals surface area contributed by atoms with E-state index in [2.05, 4.69) is 16.8 Å². The van der Waals surface area contributed by atoms with Crippen molar-refractivity contribution in [3.8, 4) is 11.8 Å². The molecular weight excluding hydrogens is 186 g/mol. The summed E-state index contributed by atoms with van der Waals surface area (Å²) in [6, 6.07) is 0. The quantitative estimate of drug-likeness (QED) is 0.552. The van der Waals surface area contributed by atoms with Crippen molar-refractivity contribution < 1.29 is 9.90 Å². The fourth-order valence-electron chi connectivity index (χ4n) is 0.836. The zero-order valence-corrected chi connectivity index (χ0v) is 7.31. The van der Waals surface area contributed by atoms with Gasteiger partial charge in [-0.2, -0.15) is 4.98 Å². The van der Waals surface area contributed by atoms with Crippen molar-refractivity contribution in [2.75, 3.05) is 5.73 Å². The fraction of sp³-hybridized carbons (Fsp3) is 0.125. The van der Waals surface area contributed by atoms with E-state index in [9.17, 15) is 9.59 Å². The number of rotatable bonds is 0. The maximum Gasteiger partial charge on any atom is 0.419 e. The number of hydrogen-bond donors (Lipinski definition) is 2. The van der Waals surface area contributed by atoms with E-state index in [4.69, 9.17) is 10.8 Å². The van der Waals surface area contributed by atoms with Crippen LogP contribution in [0.25, 0.3) is 0 Å². The Kier molecular flexibility index (Phi) is 2.53. The molecule has 1 aromatic rings. The van der Waals surface area contributed by atoms with E-state index in [-0.39, 0.29) is 11.4 Å². The van der Waals surface area contributed by atoms with Gasteiger partial charge in [0.05, 0.1) is 5.56 Å². The number of carbonyl (C=O) groups is 1. The van der Waals surface area contributed by atoms with E-state index in [0.717, 1.165) is 6.20 Å². The molecule has 72 valence electrons. The van der Waals surface area contributed by atoms with Crippen LogP contribution < -0.4 is 11.4 Å². The Balaban J connectivity index is 3.47. The van der Waals surface area contributed by atoms with Gasteiger partial charge in [-0.05, 0) is 6.92 Å². The molecule has 3 N–H and O–H groups in total. The van der Waals surface area contributed by atoms with Crippen molar-refractivity contribution in [3.05, 3.63) is 22.2 Å². The molecule has 0 saturated heterocycles. The third-order valence-electron chi connectivity index (χ3n) is 1.42. The average Bonchev–Trinajstić information content (AvgIpc) is 2.09. The van der Waals surface area contributed by atoms with Gasteiger partial charge in [0.15, 0.2) is 0 Å². The molecule has 0 fully saturated rings. The van der Waals surface area contributed by atoms with Gasteiger partial charge >= 0.3 is 11.8 Å². The van der Waals surface area contributed by atoms with Crippen LogP contribution >= 0.6 is 0 Å². The lowest BCUT2D eigenvalue weighted by molar-refractivity contribution is 0.195. The second kappa shape index (κ2) is 3.62. The normalized spacial score (nSPS) is 8.93.